The van der Waals surface area contributed by atoms with Crippen LogP contribution >= 0.6 is 46.4 Å². The van der Waals surface area contributed by atoms with Gasteiger partial charge in [-0.1, -0.05) is 46.4 Å². The van der Waals surface area contributed by atoms with Gasteiger partial charge in [0.25, 0.3) is 0 Å². The molecule has 1 aliphatic heterocycles. The van der Waals surface area contributed by atoms with Gasteiger partial charge < -0.3 is 14.2 Å². The first kappa shape index (κ1) is 20.0. The van der Waals surface area contributed by atoms with E-state index >= 15 is 0 Å². The van der Waals surface area contributed by atoms with Gasteiger partial charge in [-0.05, 0) is 30.8 Å². The molecule has 0 N–H and O–H groups in total. The highest BCUT2D eigenvalue weighted by atomic mass is 35.6. The number of fused-ring (bicyclic) bond motifs is 3. The lowest BCUT2D eigenvalue weighted by atomic mass is 10.1. The summed E-state index contributed by atoms with van der Waals surface area (Å²) in [5, 5.41) is 1.59. The zero-order valence-electron chi connectivity index (χ0n) is 13.9. The third-order valence-electron chi connectivity index (χ3n) is 4.38. The van der Waals surface area contributed by atoms with Crippen LogP contribution in [0.4, 0.5) is 4.39 Å². The molecule has 0 saturated carbocycles. The fourth-order valence-electron chi connectivity index (χ4n) is 3.24. The second-order valence-corrected chi connectivity index (χ2v) is 9.33. The van der Waals surface area contributed by atoms with E-state index in [0.29, 0.717) is 5.02 Å². The van der Waals surface area contributed by atoms with E-state index in [1.165, 1.54) is 0 Å². The SMILES string of the molecule is CN1CCc2c(c3cc(Cl)ccc3n2CC(F)C(=O)OCC(Cl)(Cl)Cl)C1. The van der Waals surface area contributed by atoms with Gasteiger partial charge >= 0.3 is 5.97 Å². The lowest BCUT2D eigenvalue weighted by Crippen LogP contribution is -2.30. The van der Waals surface area contributed by atoms with Crippen LogP contribution in [0.2, 0.25) is 5.02 Å². The predicted octanol–water partition coefficient (Wildman–Crippen LogP) is 4.53. The van der Waals surface area contributed by atoms with Gasteiger partial charge in [-0.25, -0.2) is 9.18 Å². The maximum Gasteiger partial charge on any atom is 0.342 e. The molecule has 4 nitrogen and oxygen atoms in total. The zero-order chi connectivity index (χ0) is 19.1. The van der Waals surface area contributed by atoms with Gasteiger partial charge in [0, 0.05) is 41.1 Å². The molecule has 1 aromatic heterocycles. The Bertz CT molecular complexity index is 834. The number of rotatable bonds is 4. The van der Waals surface area contributed by atoms with E-state index in [9.17, 15) is 9.18 Å². The van der Waals surface area contributed by atoms with Gasteiger partial charge in [0.2, 0.25) is 9.96 Å². The molecule has 1 aromatic carbocycles. The number of hydrogen-bond acceptors (Lipinski definition) is 3. The van der Waals surface area contributed by atoms with Crippen molar-refractivity contribution in [1.29, 1.82) is 0 Å². The number of esters is 1. The first-order valence-electron chi connectivity index (χ1n) is 8.01. The number of carbonyl (C=O) groups is 1. The monoisotopic (exact) mass is 440 g/mol. The molecule has 0 saturated heterocycles. The average molecular weight is 442 g/mol. The van der Waals surface area contributed by atoms with Crippen molar-refractivity contribution in [1.82, 2.24) is 9.47 Å². The van der Waals surface area contributed by atoms with Crippen LogP contribution in [0.25, 0.3) is 10.9 Å². The minimum Gasteiger partial charge on any atom is -0.459 e. The van der Waals surface area contributed by atoms with Crippen molar-refractivity contribution in [2.45, 2.75) is 29.5 Å². The highest BCUT2D eigenvalue weighted by molar-refractivity contribution is 6.67. The summed E-state index contributed by atoms with van der Waals surface area (Å²) in [6.07, 6.45) is -1.11. The van der Waals surface area contributed by atoms with Crippen LogP contribution in [0, 0.1) is 0 Å². The summed E-state index contributed by atoms with van der Waals surface area (Å²) in [7, 11) is 2.03. The molecule has 0 radical (unpaired) electrons. The Kier molecular flexibility index (Phi) is 5.95. The average Bonchev–Trinajstić information content (AvgIpc) is 2.84. The molecule has 0 fully saturated rings. The molecular weight excluding hydrogens is 425 g/mol. The van der Waals surface area contributed by atoms with Crippen LogP contribution in [0.3, 0.4) is 0 Å². The van der Waals surface area contributed by atoms with Crippen LogP contribution in [-0.2, 0) is 29.0 Å². The summed E-state index contributed by atoms with van der Waals surface area (Å²) in [6, 6.07) is 5.47. The molecule has 3 rings (SSSR count). The maximum atomic E-state index is 14.5. The van der Waals surface area contributed by atoms with Crippen molar-refractivity contribution in [3.05, 3.63) is 34.5 Å². The van der Waals surface area contributed by atoms with E-state index < -0.39 is 22.5 Å². The molecule has 2 heterocycles. The highest BCUT2D eigenvalue weighted by Crippen LogP contribution is 2.33. The number of nitrogens with zero attached hydrogens (tertiary/aromatic N) is 2. The third kappa shape index (κ3) is 4.39. The number of benzene rings is 1. The van der Waals surface area contributed by atoms with Gasteiger partial charge in [0.05, 0.1) is 6.54 Å². The first-order chi connectivity index (χ1) is 12.2. The molecule has 9 heteroatoms. The van der Waals surface area contributed by atoms with Crippen molar-refractivity contribution in [2.24, 2.45) is 0 Å². The molecule has 0 aliphatic carbocycles. The van der Waals surface area contributed by atoms with Crippen molar-refractivity contribution in [3.63, 3.8) is 0 Å². The lowest BCUT2D eigenvalue weighted by Gasteiger charge is -2.24. The Morgan fingerprint density at radius 2 is 2.12 bits per heavy atom. The molecule has 1 atom stereocenters. The second kappa shape index (κ2) is 7.72. The maximum absolute atomic E-state index is 14.5. The number of carbonyl (C=O) groups excluding carboxylic acids is 1. The smallest absolute Gasteiger partial charge is 0.342 e. The topological polar surface area (TPSA) is 34.5 Å². The van der Waals surface area contributed by atoms with Crippen molar-refractivity contribution in [2.75, 3.05) is 20.2 Å². The van der Waals surface area contributed by atoms with Gasteiger partial charge in [0.1, 0.15) is 6.61 Å². The van der Waals surface area contributed by atoms with Crippen molar-refractivity contribution < 1.29 is 13.9 Å². The van der Waals surface area contributed by atoms with E-state index in [2.05, 4.69) is 4.90 Å². The van der Waals surface area contributed by atoms with Gasteiger partial charge in [-0.2, -0.15) is 0 Å². The summed E-state index contributed by atoms with van der Waals surface area (Å²) in [6.45, 7) is 0.942. The highest BCUT2D eigenvalue weighted by Gasteiger charge is 2.29. The van der Waals surface area contributed by atoms with E-state index in [1.807, 2.05) is 23.7 Å². The number of ether oxygens (including phenoxy) is 1. The Morgan fingerprint density at radius 1 is 1.38 bits per heavy atom. The molecule has 0 amide bonds. The number of alkyl halides is 4. The summed E-state index contributed by atoms with van der Waals surface area (Å²) in [5.41, 5.74) is 2.96. The first-order valence-corrected chi connectivity index (χ1v) is 9.52. The molecule has 142 valence electrons. The Morgan fingerprint density at radius 3 is 2.81 bits per heavy atom. The number of likely N-dealkylation sites (N-methyl/N-ethyl adjacent to an activating group) is 1. The van der Waals surface area contributed by atoms with Crippen molar-refractivity contribution in [3.8, 4) is 0 Å². The normalized spacial score (nSPS) is 16.5. The Balaban J connectivity index is 1.89. The second-order valence-electron chi connectivity index (χ2n) is 6.38. The van der Waals surface area contributed by atoms with E-state index in [1.54, 1.807) is 6.07 Å². The van der Waals surface area contributed by atoms with Gasteiger partial charge in [-0.3, -0.25) is 0 Å². The van der Waals surface area contributed by atoms with Crippen molar-refractivity contribution >= 4 is 63.3 Å². The summed E-state index contributed by atoms with van der Waals surface area (Å²) < 4.78 is 19.3. The van der Waals surface area contributed by atoms with Crippen LogP contribution in [-0.4, -0.2) is 45.6 Å². The van der Waals surface area contributed by atoms with E-state index in [-0.39, 0.29) is 6.54 Å². The van der Waals surface area contributed by atoms with Crippen LogP contribution < -0.4 is 0 Å². The predicted molar refractivity (Wildman–Crippen MR) is 103 cm³/mol. The molecule has 26 heavy (non-hydrogen) atoms. The van der Waals surface area contributed by atoms with Crippen LogP contribution in [0.1, 0.15) is 11.3 Å². The van der Waals surface area contributed by atoms with Gasteiger partial charge in [0.15, 0.2) is 0 Å². The largest absolute Gasteiger partial charge is 0.459 e. The Hall–Kier alpha value is -0.720. The third-order valence-corrected chi connectivity index (χ3v) is 4.95. The number of halogens is 5. The molecule has 0 bridgehead atoms. The summed E-state index contributed by atoms with van der Waals surface area (Å²) in [4.78, 5) is 14.1. The Labute approximate surface area is 170 Å². The molecule has 2 aromatic rings. The standard InChI is InChI=1S/C17H17Cl4FN2O2/c1-23-5-4-15-12(7-23)11-6-10(18)2-3-14(11)24(15)8-13(22)16(25)26-9-17(19,20)21/h2-3,6,13H,4-5,7-9H2,1H3. The van der Waals surface area contributed by atoms with E-state index in [0.717, 1.165) is 41.7 Å². The fraction of sp³-hybridized carbons (Fsp3) is 0.471. The van der Waals surface area contributed by atoms with Crippen LogP contribution in [0.5, 0.6) is 0 Å². The summed E-state index contributed by atoms with van der Waals surface area (Å²) >= 11 is 22.7. The minimum atomic E-state index is -1.86. The molecule has 0 spiro atoms. The lowest BCUT2D eigenvalue weighted by molar-refractivity contribution is -0.149. The summed E-state index contributed by atoms with van der Waals surface area (Å²) in [5.74, 6) is -1.05. The fourth-order valence-corrected chi connectivity index (χ4v) is 3.58. The number of hydrogen-bond donors (Lipinski definition) is 0. The van der Waals surface area contributed by atoms with Gasteiger partial charge in [-0.15, -0.1) is 0 Å². The molecule has 1 unspecified atom stereocenters. The molecular formula is C17H17Cl4FN2O2. The minimum absolute atomic E-state index is 0.157. The molecule has 1 aliphatic rings. The zero-order valence-corrected chi connectivity index (χ0v) is 17.0. The number of aromatic nitrogens is 1. The van der Waals surface area contributed by atoms with Crippen LogP contribution in [0.15, 0.2) is 18.2 Å². The quantitative estimate of drug-likeness (QED) is 0.516. The van der Waals surface area contributed by atoms with E-state index in [4.69, 9.17) is 51.1 Å².